The first-order chi connectivity index (χ1) is 15.9. The fourth-order valence-electron chi connectivity index (χ4n) is 4.20. The van der Waals surface area contributed by atoms with Crippen molar-refractivity contribution in [2.45, 2.75) is 50.5 Å². The van der Waals surface area contributed by atoms with Crippen LogP contribution in [-0.4, -0.2) is 37.3 Å². The van der Waals surface area contributed by atoms with Gasteiger partial charge in [0, 0.05) is 0 Å². The molecular weight excluding hydrogens is 404 g/mol. The lowest BCUT2D eigenvalue weighted by Crippen LogP contribution is -2.56. The minimum absolute atomic E-state index is 0.180. The summed E-state index contributed by atoms with van der Waals surface area (Å²) in [5.74, 6) is 0. The van der Waals surface area contributed by atoms with E-state index in [1.165, 1.54) is 0 Å². The summed E-state index contributed by atoms with van der Waals surface area (Å²) in [6.07, 6.45) is -1.63. The van der Waals surface area contributed by atoms with E-state index in [0.717, 1.165) is 16.7 Å². The molecule has 5 nitrogen and oxygen atoms in total. The van der Waals surface area contributed by atoms with Gasteiger partial charge < -0.3 is 23.7 Å². The molecule has 2 bridgehead atoms. The highest BCUT2D eigenvalue weighted by Gasteiger charge is 2.52. The molecule has 5 heteroatoms. The maximum absolute atomic E-state index is 6.44. The average molecular weight is 433 g/mol. The summed E-state index contributed by atoms with van der Waals surface area (Å²) in [6, 6.07) is 30.4. The van der Waals surface area contributed by atoms with Crippen molar-refractivity contribution in [1.29, 1.82) is 0 Å². The van der Waals surface area contributed by atoms with Crippen molar-refractivity contribution in [2.24, 2.45) is 0 Å². The first-order valence-corrected chi connectivity index (χ1v) is 11.1. The Morgan fingerprint density at radius 2 is 1.00 bits per heavy atom. The lowest BCUT2D eigenvalue weighted by Gasteiger charge is -2.40. The molecule has 5 rings (SSSR count). The van der Waals surface area contributed by atoms with E-state index >= 15 is 0 Å². The van der Waals surface area contributed by atoms with Gasteiger partial charge in [-0.05, 0) is 16.7 Å². The minimum Gasteiger partial charge on any atom is -0.368 e. The van der Waals surface area contributed by atoms with Crippen LogP contribution < -0.4 is 0 Å². The number of ether oxygens (including phenoxy) is 5. The van der Waals surface area contributed by atoms with E-state index in [0.29, 0.717) is 26.4 Å². The van der Waals surface area contributed by atoms with E-state index in [1.807, 2.05) is 66.7 Å². The fourth-order valence-corrected chi connectivity index (χ4v) is 4.20. The van der Waals surface area contributed by atoms with Crippen LogP contribution in [0.2, 0.25) is 0 Å². The Labute approximate surface area is 188 Å². The molecule has 2 aliphatic rings. The fraction of sp³-hybridized carbons (Fsp3) is 0.333. The van der Waals surface area contributed by atoms with Crippen LogP contribution in [-0.2, 0) is 43.5 Å². The SMILES string of the molecule is c1ccc(CO[C@@H]2[C@H](OCc3ccccc3)[C@H]3OC[C@@H](O3)[C@H]2OCc2ccccc2)cc1. The molecule has 3 aromatic rings. The predicted molar refractivity (Wildman–Crippen MR) is 120 cm³/mol. The number of benzene rings is 3. The highest BCUT2D eigenvalue weighted by Crippen LogP contribution is 2.35. The first kappa shape index (κ1) is 21.3. The van der Waals surface area contributed by atoms with Crippen molar-refractivity contribution in [3.63, 3.8) is 0 Å². The van der Waals surface area contributed by atoms with Crippen molar-refractivity contribution in [3.8, 4) is 0 Å². The maximum Gasteiger partial charge on any atom is 0.187 e. The molecule has 2 aliphatic heterocycles. The van der Waals surface area contributed by atoms with Gasteiger partial charge >= 0.3 is 0 Å². The molecular formula is C27H28O5. The summed E-state index contributed by atoms with van der Waals surface area (Å²) in [5, 5.41) is 0. The molecule has 32 heavy (non-hydrogen) atoms. The summed E-state index contributed by atoms with van der Waals surface area (Å²) in [7, 11) is 0. The summed E-state index contributed by atoms with van der Waals surface area (Å²) in [6.45, 7) is 1.88. The maximum atomic E-state index is 6.44. The molecule has 2 fully saturated rings. The van der Waals surface area contributed by atoms with Crippen LogP contribution in [0.1, 0.15) is 16.7 Å². The zero-order chi connectivity index (χ0) is 21.6. The molecule has 3 aromatic carbocycles. The molecule has 5 atom stereocenters. The van der Waals surface area contributed by atoms with Gasteiger partial charge in [-0.1, -0.05) is 91.0 Å². The monoisotopic (exact) mass is 432 g/mol. The van der Waals surface area contributed by atoms with Gasteiger partial charge in [0.15, 0.2) is 6.29 Å². The van der Waals surface area contributed by atoms with Crippen LogP contribution in [0.4, 0.5) is 0 Å². The van der Waals surface area contributed by atoms with E-state index in [4.69, 9.17) is 23.7 Å². The molecule has 0 aromatic heterocycles. The summed E-state index contributed by atoms with van der Waals surface area (Å²) >= 11 is 0. The zero-order valence-corrected chi connectivity index (χ0v) is 17.9. The van der Waals surface area contributed by atoms with Gasteiger partial charge in [0.2, 0.25) is 0 Å². The zero-order valence-electron chi connectivity index (χ0n) is 17.9. The lowest BCUT2D eigenvalue weighted by molar-refractivity contribution is -0.268. The van der Waals surface area contributed by atoms with Gasteiger partial charge in [-0.25, -0.2) is 0 Å². The van der Waals surface area contributed by atoms with Gasteiger partial charge in [-0.15, -0.1) is 0 Å². The molecule has 0 aliphatic carbocycles. The molecule has 0 saturated carbocycles. The Kier molecular flexibility index (Phi) is 6.92. The third kappa shape index (κ3) is 5.09. The summed E-state index contributed by atoms with van der Waals surface area (Å²) in [5.41, 5.74) is 3.31. The van der Waals surface area contributed by atoms with Crippen molar-refractivity contribution in [3.05, 3.63) is 108 Å². The van der Waals surface area contributed by atoms with E-state index in [2.05, 4.69) is 24.3 Å². The van der Waals surface area contributed by atoms with Crippen LogP contribution in [0.5, 0.6) is 0 Å². The lowest BCUT2D eigenvalue weighted by atomic mass is 10.00. The highest BCUT2D eigenvalue weighted by molar-refractivity contribution is 5.15. The topological polar surface area (TPSA) is 46.2 Å². The average Bonchev–Trinajstić information content (AvgIpc) is 3.29. The number of hydrogen-bond acceptors (Lipinski definition) is 5. The predicted octanol–water partition coefficient (Wildman–Crippen LogP) is 4.50. The van der Waals surface area contributed by atoms with Crippen molar-refractivity contribution in [1.82, 2.24) is 0 Å². The van der Waals surface area contributed by atoms with Gasteiger partial charge in [-0.3, -0.25) is 0 Å². The van der Waals surface area contributed by atoms with Gasteiger partial charge in [0.05, 0.1) is 26.4 Å². The Morgan fingerprint density at radius 3 is 1.50 bits per heavy atom. The van der Waals surface area contributed by atoms with E-state index in [1.54, 1.807) is 0 Å². The van der Waals surface area contributed by atoms with E-state index < -0.39 is 12.4 Å². The Morgan fingerprint density at radius 1 is 0.562 bits per heavy atom. The second kappa shape index (κ2) is 10.4. The van der Waals surface area contributed by atoms with E-state index in [-0.39, 0.29) is 18.3 Å². The van der Waals surface area contributed by atoms with E-state index in [9.17, 15) is 0 Å². The van der Waals surface area contributed by atoms with Crippen molar-refractivity contribution >= 4 is 0 Å². The third-order valence-corrected chi connectivity index (χ3v) is 5.87. The molecule has 0 amide bonds. The molecule has 0 spiro atoms. The van der Waals surface area contributed by atoms with Crippen LogP contribution in [0.25, 0.3) is 0 Å². The van der Waals surface area contributed by atoms with Gasteiger partial charge in [-0.2, -0.15) is 0 Å². The van der Waals surface area contributed by atoms with Crippen molar-refractivity contribution in [2.75, 3.05) is 6.61 Å². The Hall–Kier alpha value is -2.54. The molecule has 0 radical (unpaired) electrons. The number of rotatable bonds is 9. The van der Waals surface area contributed by atoms with Gasteiger partial charge in [0.1, 0.15) is 24.4 Å². The first-order valence-electron chi connectivity index (χ1n) is 11.1. The highest BCUT2D eigenvalue weighted by atomic mass is 16.8. The van der Waals surface area contributed by atoms with Crippen LogP contribution in [0.15, 0.2) is 91.0 Å². The summed E-state index contributed by atoms with van der Waals surface area (Å²) < 4.78 is 31.2. The van der Waals surface area contributed by atoms with Crippen LogP contribution >= 0.6 is 0 Å². The molecule has 0 N–H and O–H groups in total. The smallest absolute Gasteiger partial charge is 0.187 e. The van der Waals surface area contributed by atoms with Crippen molar-refractivity contribution < 1.29 is 23.7 Å². The minimum atomic E-state index is -0.457. The van der Waals surface area contributed by atoms with Crippen LogP contribution in [0.3, 0.4) is 0 Å². The Bertz CT molecular complexity index is 892. The normalized spacial score (nSPS) is 26.8. The summed E-state index contributed by atoms with van der Waals surface area (Å²) in [4.78, 5) is 0. The molecule has 166 valence electrons. The number of hydrogen-bond donors (Lipinski definition) is 0. The second-order valence-corrected chi connectivity index (χ2v) is 8.16. The standard InChI is InChI=1S/C27H28O5/c1-4-10-20(11-5-1)16-28-24-23-19-31-27(32-23)26(30-18-22-14-8-3-9-15-22)25(24)29-17-21-12-6-2-7-13-21/h1-15,23-27H,16-19H2/t23-,24-,25+,26+,27+/m1/s1. The van der Waals surface area contributed by atoms with Crippen LogP contribution in [0, 0.1) is 0 Å². The molecule has 2 heterocycles. The molecule has 2 saturated heterocycles. The quantitative estimate of drug-likeness (QED) is 0.498. The Balaban J connectivity index is 1.33. The largest absolute Gasteiger partial charge is 0.368 e. The number of fused-ring (bicyclic) bond motifs is 2. The molecule has 0 unspecified atom stereocenters. The van der Waals surface area contributed by atoms with Gasteiger partial charge in [0.25, 0.3) is 0 Å². The second-order valence-electron chi connectivity index (χ2n) is 8.16. The third-order valence-electron chi connectivity index (χ3n) is 5.87.